The maximum Gasteiger partial charge on any atom is 0.407 e. The summed E-state index contributed by atoms with van der Waals surface area (Å²) in [5.41, 5.74) is -1.16. The van der Waals surface area contributed by atoms with Gasteiger partial charge in [0.15, 0.2) is 11.9 Å². The maximum absolute atomic E-state index is 12.4. The van der Waals surface area contributed by atoms with Crippen LogP contribution in [0.1, 0.15) is 40.5 Å². The molecule has 0 atom stereocenters. The van der Waals surface area contributed by atoms with Gasteiger partial charge in [-0.15, -0.1) is 0 Å². The summed E-state index contributed by atoms with van der Waals surface area (Å²) in [5, 5.41) is 2.49. The van der Waals surface area contributed by atoms with Crippen molar-refractivity contribution in [3.63, 3.8) is 0 Å². The highest BCUT2D eigenvalue weighted by atomic mass is 35.5. The van der Waals surface area contributed by atoms with Crippen LogP contribution in [-0.2, 0) is 21.0 Å². The summed E-state index contributed by atoms with van der Waals surface area (Å²) in [6.07, 6.45) is 0.761. The molecule has 28 heavy (non-hydrogen) atoms. The van der Waals surface area contributed by atoms with E-state index in [2.05, 4.69) is 10.3 Å². The minimum atomic E-state index is -0.591. The van der Waals surface area contributed by atoms with E-state index in [1.807, 2.05) is 4.90 Å². The van der Waals surface area contributed by atoms with Crippen LogP contribution in [0.4, 0.5) is 10.7 Å². The van der Waals surface area contributed by atoms with Crippen LogP contribution in [0, 0.1) is 0 Å². The summed E-state index contributed by atoms with van der Waals surface area (Å²) in [4.78, 5) is 41.5. The zero-order valence-corrected chi connectivity index (χ0v) is 17.8. The number of piperidine rings is 1. The van der Waals surface area contributed by atoms with Crippen LogP contribution in [0.3, 0.4) is 0 Å². The second kappa shape index (κ2) is 9.00. The average Bonchev–Trinajstić information content (AvgIpc) is 2.57. The summed E-state index contributed by atoms with van der Waals surface area (Å²) < 4.78 is 11.4. The fourth-order valence-electron chi connectivity index (χ4n) is 2.71. The van der Waals surface area contributed by atoms with Gasteiger partial charge in [-0.05, 0) is 33.6 Å². The third kappa shape index (κ3) is 6.00. The van der Waals surface area contributed by atoms with Gasteiger partial charge in [0.1, 0.15) is 10.6 Å². The highest BCUT2D eigenvalue weighted by Crippen LogP contribution is 2.23. The predicted molar refractivity (Wildman–Crippen MR) is 105 cm³/mol. The van der Waals surface area contributed by atoms with E-state index in [-0.39, 0.29) is 28.9 Å². The average molecular weight is 435 g/mol. The predicted octanol–water partition coefficient (Wildman–Crippen LogP) is 2.56. The molecular formula is C17H24Cl2N4O5. The van der Waals surface area contributed by atoms with E-state index < -0.39 is 23.2 Å². The van der Waals surface area contributed by atoms with Crippen molar-refractivity contribution in [2.45, 2.75) is 58.9 Å². The van der Waals surface area contributed by atoms with Crippen LogP contribution in [0.15, 0.2) is 4.79 Å². The quantitative estimate of drug-likeness (QED) is 0.573. The Kier molecular flexibility index (Phi) is 7.16. The maximum atomic E-state index is 12.4. The summed E-state index contributed by atoms with van der Waals surface area (Å²) >= 11 is 11.9. The van der Waals surface area contributed by atoms with Crippen molar-refractivity contribution in [3.8, 4) is 0 Å². The number of alkyl carbamates (subject to hydrolysis) is 1. The molecule has 0 saturated carbocycles. The number of hydrogen-bond acceptors (Lipinski definition) is 7. The Morgan fingerprint density at radius 2 is 1.86 bits per heavy atom. The van der Waals surface area contributed by atoms with E-state index in [1.165, 1.54) is 6.92 Å². The number of amides is 1. The zero-order chi connectivity index (χ0) is 21.1. The highest BCUT2D eigenvalue weighted by Gasteiger charge is 2.27. The molecule has 0 bridgehead atoms. The van der Waals surface area contributed by atoms with E-state index in [1.54, 1.807) is 20.8 Å². The van der Waals surface area contributed by atoms with Gasteiger partial charge < -0.3 is 19.7 Å². The number of halogens is 2. The van der Waals surface area contributed by atoms with Gasteiger partial charge >= 0.3 is 12.1 Å². The summed E-state index contributed by atoms with van der Waals surface area (Å²) in [6, 6.07) is -0.0671. The first kappa shape index (κ1) is 22.3. The van der Waals surface area contributed by atoms with Crippen molar-refractivity contribution in [1.29, 1.82) is 0 Å². The largest absolute Gasteiger partial charge is 0.444 e. The van der Waals surface area contributed by atoms with Crippen LogP contribution in [-0.4, -0.2) is 46.3 Å². The van der Waals surface area contributed by atoms with Gasteiger partial charge in [0, 0.05) is 26.1 Å². The zero-order valence-electron chi connectivity index (χ0n) is 16.3. The van der Waals surface area contributed by atoms with Gasteiger partial charge in [-0.2, -0.15) is 0 Å². The smallest absolute Gasteiger partial charge is 0.407 e. The van der Waals surface area contributed by atoms with Gasteiger partial charge in [-0.3, -0.25) is 9.59 Å². The number of nitrogens with zero attached hydrogens (tertiary/aromatic N) is 3. The number of nitrogens with one attached hydrogen (secondary N) is 1. The van der Waals surface area contributed by atoms with Crippen molar-refractivity contribution in [1.82, 2.24) is 14.9 Å². The number of rotatable bonds is 4. The molecule has 1 fully saturated rings. The lowest BCUT2D eigenvalue weighted by molar-refractivity contribution is -0.144. The number of aromatic nitrogens is 2. The molecule has 11 heteroatoms. The standard InChI is InChI=1S/C17H24Cl2N4O5/c1-10(24)27-9-23-14(25)12(18)13(19)21-15(23)22-7-5-11(6-8-22)20-16(26)28-17(2,3)4/h11H,5-9H2,1-4H3,(H,20,26). The normalized spacial score (nSPS) is 15.3. The Hall–Kier alpha value is -2.00. The fraction of sp³-hybridized carbons (Fsp3) is 0.647. The van der Waals surface area contributed by atoms with Crippen molar-refractivity contribution >= 4 is 41.2 Å². The molecule has 156 valence electrons. The minimum absolute atomic E-state index is 0.0671. The molecule has 0 aliphatic carbocycles. The van der Waals surface area contributed by atoms with Crippen molar-refractivity contribution in [3.05, 3.63) is 20.5 Å². The topological polar surface area (TPSA) is 103 Å². The molecule has 2 rings (SSSR count). The van der Waals surface area contributed by atoms with Crippen LogP contribution in [0.25, 0.3) is 0 Å². The van der Waals surface area contributed by atoms with E-state index in [0.29, 0.717) is 25.9 Å². The molecule has 2 heterocycles. The van der Waals surface area contributed by atoms with Crippen molar-refractivity contribution in [2.75, 3.05) is 18.0 Å². The Morgan fingerprint density at radius 1 is 1.25 bits per heavy atom. The van der Waals surface area contributed by atoms with E-state index in [9.17, 15) is 14.4 Å². The number of esters is 1. The molecule has 1 aromatic heterocycles. The SMILES string of the molecule is CC(=O)OCn1c(N2CCC(NC(=O)OC(C)(C)C)CC2)nc(Cl)c(Cl)c1=O. The van der Waals surface area contributed by atoms with Gasteiger partial charge in [-0.25, -0.2) is 14.3 Å². The second-order valence-electron chi connectivity index (χ2n) is 7.42. The Bertz CT molecular complexity index is 798. The minimum Gasteiger partial charge on any atom is -0.444 e. The first-order valence-corrected chi connectivity index (χ1v) is 9.57. The van der Waals surface area contributed by atoms with Crippen molar-refractivity contribution < 1.29 is 19.1 Å². The molecule has 1 N–H and O–H groups in total. The Labute approximate surface area is 172 Å². The third-order valence-corrected chi connectivity index (χ3v) is 4.66. The monoisotopic (exact) mass is 434 g/mol. The molecule has 1 saturated heterocycles. The molecule has 0 unspecified atom stereocenters. The molecule has 1 amide bonds. The molecule has 1 aliphatic rings. The first-order valence-electron chi connectivity index (χ1n) is 8.81. The van der Waals surface area contributed by atoms with Crippen LogP contribution >= 0.6 is 23.2 Å². The molecule has 9 nitrogen and oxygen atoms in total. The summed E-state index contributed by atoms with van der Waals surface area (Å²) in [5.74, 6) is -0.277. The lowest BCUT2D eigenvalue weighted by atomic mass is 10.1. The summed E-state index contributed by atoms with van der Waals surface area (Å²) in [6.45, 7) is 7.33. The first-order chi connectivity index (χ1) is 13.0. The summed E-state index contributed by atoms with van der Waals surface area (Å²) in [7, 11) is 0. The van der Waals surface area contributed by atoms with Gasteiger partial charge in [0.25, 0.3) is 5.56 Å². The van der Waals surface area contributed by atoms with E-state index in [0.717, 1.165) is 4.57 Å². The number of carbonyl (C=O) groups excluding carboxylic acids is 2. The molecular weight excluding hydrogens is 411 g/mol. The number of ether oxygens (including phenoxy) is 2. The number of hydrogen-bond donors (Lipinski definition) is 1. The van der Waals surface area contributed by atoms with E-state index in [4.69, 9.17) is 32.7 Å². The third-order valence-electron chi connectivity index (χ3n) is 3.95. The number of carbonyl (C=O) groups is 2. The van der Waals surface area contributed by atoms with Crippen molar-refractivity contribution in [2.24, 2.45) is 0 Å². The molecule has 0 aromatic carbocycles. The Balaban J connectivity index is 2.10. The van der Waals surface area contributed by atoms with Crippen LogP contribution < -0.4 is 15.8 Å². The molecule has 1 aliphatic heterocycles. The fourth-order valence-corrected chi connectivity index (χ4v) is 3.01. The van der Waals surface area contributed by atoms with E-state index >= 15 is 0 Å². The second-order valence-corrected chi connectivity index (χ2v) is 8.16. The lowest BCUT2D eigenvalue weighted by Crippen LogP contribution is -2.47. The van der Waals surface area contributed by atoms with Crippen LogP contribution in [0.5, 0.6) is 0 Å². The molecule has 1 aromatic rings. The Morgan fingerprint density at radius 3 is 2.39 bits per heavy atom. The van der Waals surface area contributed by atoms with Gasteiger partial charge in [-0.1, -0.05) is 23.2 Å². The van der Waals surface area contributed by atoms with Gasteiger partial charge in [0.05, 0.1) is 0 Å². The highest BCUT2D eigenvalue weighted by molar-refractivity contribution is 6.41. The van der Waals surface area contributed by atoms with Gasteiger partial charge in [0.2, 0.25) is 5.95 Å². The molecule has 0 spiro atoms. The molecule has 0 radical (unpaired) electrons. The number of anilines is 1. The lowest BCUT2D eigenvalue weighted by Gasteiger charge is -2.34. The van der Waals surface area contributed by atoms with Crippen LogP contribution in [0.2, 0.25) is 10.2 Å².